The van der Waals surface area contributed by atoms with Gasteiger partial charge in [-0.3, -0.25) is 4.79 Å². The lowest BCUT2D eigenvalue weighted by atomic mass is 10.2. The molecule has 0 aromatic heterocycles. The van der Waals surface area contributed by atoms with Crippen LogP contribution >= 0.6 is 0 Å². The van der Waals surface area contributed by atoms with Gasteiger partial charge in [0.1, 0.15) is 0 Å². The Labute approximate surface area is 74.2 Å². The topological polar surface area (TPSA) is 56.0 Å². The molecule has 1 aromatic carbocycles. The summed E-state index contributed by atoms with van der Waals surface area (Å²) in [6.45, 7) is 0. The van der Waals surface area contributed by atoms with Crippen molar-refractivity contribution in [1.82, 2.24) is 4.98 Å². The van der Waals surface area contributed by atoms with E-state index in [9.17, 15) is 4.79 Å². The maximum Gasteiger partial charge on any atom is 0.251 e. The summed E-state index contributed by atoms with van der Waals surface area (Å²) >= 11 is 0. The Morgan fingerprint density at radius 1 is 1.31 bits per heavy atom. The van der Waals surface area contributed by atoms with Crippen molar-refractivity contribution in [2.45, 2.75) is 0 Å². The zero-order valence-electron chi connectivity index (χ0n) is 6.74. The fraction of sp³-hybridized carbons (Fsp3) is 0. The van der Waals surface area contributed by atoms with Crippen LogP contribution in [0, 0.1) is 0 Å². The highest BCUT2D eigenvalue weighted by Gasteiger charge is 2.33. The molecule has 1 aliphatic carbocycles. The van der Waals surface area contributed by atoms with Gasteiger partial charge in [-0.15, -0.1) is 0 Å². The van der Waals surface area contributed by atoms with Crippen LogP contribution in [0.5, 0.6) is 0 Å². The lowest BCUT2D eigenvalue weighted by molar-refractivity contribution is 0.100. The van der Waals surface area contributed by atoms with Crippen molar-refractivity contribution < 1.29 is 4.79 Å². The van der Waals surface area contributed by atoms with Gasteiger partial charge in [-0.1, -0.05) is 18.2 Å². The number of fused-ring (bicyclic) bond motifs is 3. The molecule has 3 heteroatoms. The summed E-state index contributed by atoms with van der Waals surface area (Å²) < 4.78 is 0. The number of nitrogens with zero attached hydrogens (tertiary/aromatic N) is 1. The van der Waals surface area contributed by atoms with E-state index in [0.29, 0.717) is 5.56 Å². The molecule has 1 aromatic rings. The number of nitrogens with two attached hydrogens (primary N) is 1. The molecular weight excluding hydrogens is 164 g/mol. The van der Waals surface area contributed by atoms with Gasteiger partial charge in [-0.05, 0) is 6.07 Å². The number of carbonyl (C=O) groups excluding carboxylic acids is 1. The molecule has 1 aliphatic heterocycles. The lowest BCUT2D eigenvalue weighted by Crippen LogP contribution is -2.06. The van der Waals surface area contributed by atoms with Crippen molar-refractivity contribution in [3.63, 3.8) is 0 Å². The molecule has 2 N–H and O–H groups in total. The number of hydrogen-bond donors (Lipinski definition) is 1. The summed E-state index contributed by atoms with van der Waals surface area (Å²) in [4.78, 5) is 15.1. The Morgan fingerprint density at radius 3 is 2.85 bits per heavy atom. The molecule has 3 rings (SSSR count). The van der Waals surface area contributed by atoms with Crippen LogP contribution in [0.2, 0.25) is 0 Å². The van der Waals surface area contributed by atoms with Gasteiger partial charge >= 0.3 is 0 Å². The molecule has 0 unspecified atom stereocenters. The van der Waals surface area contributed by atoms with Gasteiger partial charge in [0.25, 0.3) is 5.91 Å². The second-order valence-corrected chi connectivity index (χ2v) is 3.09. The second kappa shape index (κ2) is 1.88. The third-order valence-corrected chi connectivity index (χ3v) is 2.31. The van der Waals surface area contributed by atoms with Crippen LogP contribution in [0.4, 0.5) is 0 Å². The van der Waals surface area contributed by atoms with E-state index in [1.165, 1.54) is 0 Å². The molecule has 1 heterocycles. The quantitative estimate of drug-likeness (QED) is 0.598. The first-order chi connectivity index (χ1) is 6.29. The van der Waals surface area contributed by atoms with E-state index in [2.05, 4.69) is 4.98 Å². The highest BCUT2D eigenvalue weighted by Crippen LogP contribution is 2.46. The van der Waals surface area contributed by atoms with Crippen LogP contribution in [0.25, 0.3) is 22.2 Å². The standard InChI is InChI=1S/C10H6N2O/c11-10(13)8-7-5-3-1-2-4-6(5)12-9(7)8/h1-4H,(H2,11,13). The molecule has 0 saturated carbocycles. The van der Waals surface area contributed by atoms with Gasteiger partial charge < -0.3 is 5.73 Å². The third kappa shape index (κ3) is 0.685. The molecule has 1 amide bonds. The van der Waals surface area contributed by atoms with Crippen molar-refractivity contribution in [2.24, 2.45) is 5.73 Å². The molecule has 0 radical (unpaired) electrons. The lowest BCUT2D eigenvalue weighted by Gasteiger charge is -1.86. The number of pyridine rings is 1. The summed E-state index contributed by atoms with van der Waals surface area (Å²) in [7, 11) is 0. The molecule has 0 fully saturated rings. The molecule has 3 nitrogen and oxygen atoms in total. The number of hydrogen-bond acceptors (Lipinski definition) is 2. The average Bonchev–Trinajstić information content (AvgIpc) is 2.71. The third-order valence-electron chi connectivity index (χ3n) is 2.31. The predicted octanol–water partition coefficient (Wildman–Crippen LogP) is 1.31. The van der Waals surface area contributed by atoms with E-state index in [1.807, 2.05) is 24.3 Å². The molecule has 0 spiro atoms. The normalized spacial score (nSPS) is 11.7. The Morgan fingerprint density at radius 2 is 2.08 bits per heavy atom. The van der Waals surface area contributed by atoms with Crippen molar-refractivity contribution in [3.05, 3.63) is 29.8 Å². The number of carbonyl (C=O) groups is 1. The highest BCUT2D eigenvalue weighted by molar-refractivity contribution is 6.22. The number of primary amides is 1. The Balaban J connectivity index is 2.37. The fourth-order valence-corrected chi connectivity index (χ4v) is 1.69. The fourth-order valence-electron chi connectivity index (χ4n) is 1.69. The summed E-state index contributed by atoms with van der Waals surface area (Å²) in [6.07, 6.45) is 0. The maximum absolute atomic E-state index is 10.9. The van der Waals surface area contributed by atoms with E-state index in [-0.39, 0.29) is 5.91 Å². The summed E-state index contributed by atoms with van der Waals surface area (Å²) in [5, 5.41) is 1.03. The molecule has 0 saturated heterocycles. The first-order valence-corrected chi connectivity index (χ1v) is 4.02. The van der Waals surface area contributed by atoms with Crippen molar-refractivity contribution in [1.29, 1.82) is 0 Å². The highest BCUT2D eigenvalue weighted by atomic mass is 16.1. The number of para-hydroxylation sites is 1. The number of benzene rings is 1. The Hall–Kier alpha value is -1.90. The van der Waals surface area contributed by atoms with Crippen LogP contribution < -0.4 is 5.73 Å². The Kier molecular flexibility index (Phi) is 0.953. The zero-order chi connectivity index (χ0) is 9.00. The van der Waals surface area contributed by atoms with Gasteiger partial charge in [-0.2, -0.15) is 0 Å². The van der Waals surface area contributed by atoms with E-state index < -0.39 is 0 Å². The summed E-state index contributed by atoms with van der Waals surface area (Å²) in [5.41, 5.74) is 8.45. The van der Waals surface area contributed by atoms with Crippen molar-refractivity contribution in [2.75, 3.05) is 0 Å². The molecule has 2 aliphatic rings. The minimum atomic E-state index is -0.372. The average molecular weight is 170 g/mol. The van der Waals surface area contributed by atoms with E-state index in [4.69, 9.17) is 5.73 Å². The SMILES string of the molecule is NC(=O)c1c2nc3ccccc3c1-2. The van der Waals surface area contributed by atoms with E-state index in [1.54, 1.807) is 0 Å². The number of rotatable bonds is 1. The van der Waals surface area contributed by atoms with Crippen LogP contribution in [0.1, 0.15) is 10.4 Å². The minimum Gasteiger partial charge on any atom is -0.366 e. The van der Waals surface area contributed by atoms with Crippen LogP contribution in [0.3, 0.4) is 0 Å². The molecule has 0 bridgehead atoms. The molecule has 0 atom stereocenters. The molecule has 13 heavy (non-hydrogen) atoms. The first kappa shape index (κ1) is 6.60. The van der Waals surface area contributed by atoms with Crippen LogP contribution in [0.15, 0.2) is 24.3 Å². The van der Waals surface area contributed by atoms with Gasteiger partial charge in [0, 0.05) is 10.9 Å². The van der Waals surface area contributed by atoms with Gasteiger partial charge in [0.2, 0.25) is 0 Å². The van der Waals surface area contributed by atoms with Gasteiger partial charge in [-0.25, -0.2) is 4.98 Å². The van der Waals surface area contributed by atoms with Gasteiger partial charge in [0.05, 0.1) is 16.8 Å². The number of aromatic nitrogens is 1. The second-order valence-electron chi connectivity index (χ2n) is 3.09. The predicted molar refractivity (Wildman–Crippen MR) is 49.3 cm³/mol. The van der Waals surface area contributed by atoms with E-state index in [0.717, 1.165) is 22.2 Å². The van der Waals surface area contributed by atoms with Crippen LogP contribution in [-0.2, 0) is 0 Å². The van der Waals surface area contributed by atoms with Crippen molar-refractivity contribution in [3.8, 4) is 11.3 Å². The Bertz CT molecular complexity index is 546. The minimum absolute atomic E-state index is 0.372. The van der Waals surface area contributed by atoms with Crippen molar-refractivity contribution >= 4 is 16.8 Å². The first-order valence-electron chi connectivity index (χ1n) is 4.02. The molecular formula is C10H6N2O. The van der Waals surface area contributed by atoms with Gasteiger partial charge in [0.15, 0.2) is 0 Å². The number of amides is 1. The van der Waals surface area contributed by atoms with Crippen LogP contribution in [-0.4, -0.2) is 10.9 Å². The monoisotopic (exact) mass is 170 g/mol. The summed E-state index contributed by atoms with van der Waals surface area (Å²) in [5.74, 6) is -0.372. The summed E-state index contributed by atoms with van der Waals surface area (Å²) in [6, 6.07) is 7.75. The zero-order valence-corrected chi connectivity index (χ0v) is 6.74. The molecule has 62 valence electrons. The van der Waals surface area contributed by atoms with E-state index >= 15 is 0 Å². The largest absolute Gasteiger partial charge is 0.366 e. The smallest absolute Gasteiger partial charge is 0.251 e. The maximum atomic E-state index is 10.9.